The molecule has 0 saturated carbocycles. The molecule has 0 N–H and O–H groups in total. The Labute approximate surface area is 132 Å². The summed E-state index contributed by atoms with van der Waals surface area (Å²) in [5.74, 6) is 0. The van der Waals surface area contributed by atoms with E-state index < -0.39 is 0 Å². The molecule has 120 valence electrons. The number of aryl methyl sites for hydroxylation is 2. The van der Waals surface area contributed by atoms with Gasteiger partial charge in [-0.2, -0.15) is 0 Å². The van der Waals surface area contributed by atoms with Crippen LogP contribution in [0.5, 0.6) is 0 Å². The minimum absolute atomic E-state index is 0.565. The van der Waals surface area contributed by atoms with Crippen molar-refractivity contribution < 1.29 is 4.57 Å². The molecule has 1 rings (SSSR count). The first kappa shape index (κ1) is 18.2. The van der Waals surface area contributed by atoms with Crippen LogP contribution in [0.25, 0.3) is 0 Å². The van der Waals surface area contributed by atoms with Crippen molar-refractivity contribution in [3.8, 4) is 0 Å². The summed E-state index contributed by atoms with van der Waals surface area (Å²) in [7, 11) is 0. The van der Waals surface area contributed by atoms with Gasteiger partial charge in [0.1, 0.15) is 0 Å². The van der Waals surface area contributed by atoms with E-state index in [-0.39, 0.29) is 0 Å². The van der Waals surface area contributed by atoms with Crippen LogP contribution in [0.4, 0.5) is 0 Å². The Morgan fingerprint density at radius 2 is 1.24 bits per heavy atom. The summed E-state index contributed by atoms with van der Waals surface area (Å²) in [6, 6.07) is 3.02. The van der Waals surface area contributed by atoms with Crippen molar-refractivity contribution in [2.75, 3.05) is 0 Å². The molecule has 1 aromatic rings. The van der Waals surface area contributed by atoms with E-state index in [1.54, 1.807) is 0 Å². The van der Waals surface area contributed by atoms with Crippen molar-refractivity contribution >= 4 is 0 Å². The predicted octanol–water partition coefficient (Wildman–Crippen LogP) is 5.80. The van der Waals surface area contributed by atoms with Gasteiger partial charge in [-0.25, -0.2) is 4.57 Å². The zero-order valence-electron chi connectivity index (χ0n) is 14.8. The van der Waals surface area contributed by atoms with Gasteiger partial charge >= 0.3 is 0 Å². The van der Waals surface area contributed by atoms with Crippen LogP contribution in [-0.4, -0.2) is 0 Å². The normalized spacial score (nSPS) is 11.3. The molecule has 0 aliphatic carbocycles. The minimum Gasteiger partial charge on any atom is -0.203 e. The number of hydrogen-bond donors (Lipinski definition) is 0. The molecule has 0 amide bonds. The number of pyridine rings is 1. The average Bonchev–Trinajstić information content (AvgIpc) is 2.48. The van der Waals surface area contributed by atoms with Crippen molar-refractivity contribution in [2.24, 2.45) is 0 Å². The second-order valence-corrected chi connectivity index (χ2v) is 6.71. The first-order valence-corrected chi connectivity index (χ1v) is 9.21. The fraction of sp³-hybridized carbons (Fsp3) is 0.750. The van der Waals surface area contributed by atoms with Gasteiger partial charge in [-0.3, -0.25) is 0 Å². The summed E-state index contributed by atoms with van der Waals surface area (Å²) >= 11 is 0. The SMILES string of the molecule is CCCCCCc1cc(CCCCCC)c[n+](C(C)C)c1. The average molecular weight is 291 g/mol. The Morgan fingerprint density at radius 1 is 0.762 bits per heavy atom. The Morgan fingerprint density at radius 3 is 1.62 bits per heavy atom. The largest absolute Gasteiger partial charge is 0.203 e. The molecule has 0 aliphatic rings. The second-order valence-electron chi connectivity index (χ2n) is 6.71. The minimum atomic E-state index is 0.565. The molecule has 0 spiro atoms. The highest BCUT2D eigenvalue weighted by Crippen LogP contribution is 2.12. The van der Waals surface area contributed by atoms with Crippen LogP contribution >= 0.6 is 0 Å². The van der Waals surface area contributed by atoms with Crippen molar-refractivity contribution in [3.63, 3.8) is 0 Å². The van der Waals surface area contributed by atoms with Gasteiger partial charge in [-0.15, -0.1) is 0 Å². The molecule has 0 fully saturated rings. The Kier molecular flexibility index (Phi) is 9.37. The molecule has 1 aromatic heterocycles. The van der Waals surface area contributed by atoms with Gasteiger partial charge in [-0.1, -0.05) is 52.4 Å². The van der Waals surface area contributed by atoms with Crippen LogP contribution in [-0.2, 0) is 12.8 Å². The summed E-state index contributed by atoms with van der Waals surface area (Å²) in [4.78, 5) is 0. The molecule has 0 radical (unpaired) electrons. The summed E-state index contributed by atoms with van der Waals surface area (Å²) in [6.07, 6.45) is 18.0. The van der Waals surface area contributed by atoms with E-state index in [0.29, 0.717) is 6.04 Å². The summed E-state index contributed by atoms with van der Waals surface area (Å²) in [6.45, 7) is 9.12. The highest BCUT2D eigenvalue weighted by molar-refractivity contribution is 5.15. The number of aromatic nitrogens is 1. The molecular weight excluding hydrogens is 254 g/mol. The molecule has 1 nitrogen and oxygen atoms in total. The monoisotopic (exact) mass is 290 g/mol. The summed E-state index contributed by atoms with van der Waals surface area (Å²) in [5.41, 5.74) is 3.07. The van der Waals surface area contributed by atoms with Gasteiger partial charge in [0.05, 0.1) is 0 Å². The van der Waals surface area contributed by atoms with Gasteiger partial charge in [0, 0.05) is 11.1 Å². The third-order valence-electron chi connectivity index (χ3n) is 4.23. The van der Waals surface area contributed by atoms with Crippen molar-refractivity contribution in [2.45, 2.75) is 97.9 Å². The molecule has 0 unspecified atom stereocenters. The van der Waals surface area contributed by atoms with E-state index in [0.717, 1.165) is 0 Å². The van der Waals surface area contributed by atoms with Crippen LogP contribution < -0.4 is 4.57 Å². The van der Waals surface area contributed by atoms with E-state index in [9.17, 15) is 0 Å². The third kappa shape index (κ3) is 7.64. The lowest BCUT2D eigenvalue weighted by Crippen LogP contribution is -2.36. The zero-order chi connectivity index (χ0) is 15.5. The molecule has 0 saturated heterocycles. The van der Waals surface area contributed by atoms with Gasteiger partial charge in [0.2, 0.25) is 0 Å². The number of hydrogen-bond acceptors (Lipinski definition) is 0. The van der Waals surface area contributed by atoms with Crippen LogP contribution in [0.15, 0.2) is 18.5 Å². The first-order chi connectivity index (χ1) is 10.2. The molecule has 1 heterocycles. The number of rotatable bonds is 11. The molecule has 0 aliphatic heterocycles. The zero-order valence-corrected chi connectivity index (χ0v) is 14.8. The smallest absolute Gasteiger partial charge is 0.172 e. The van der Waals surface area contributed by atoms with Gasteiger partial charge in [0.15, 0.2) is 18.4 Å². The third-order valence-corrected chi connectivity index (χ3v) is 4.23. The topological polar surface area (TPSA) is 3.88 Å². The molecule has 0 aromatic carbocycles. The van der Waals surface area contributed by atoms with E-state index in [1.165, 1.54) is 75.3 Å². The van der Waals surface area contributed by atoms with E-state index >= 15 is 0 Å². The first-order valence-electron chi connectivity index (χ1n) is 9.21. The lowest BCUT2D eigenvalue weighted by Gasteiger charge is -2.08. The lowest BCUT2D eigenvalue weighted by atomic mass is 10.0. The molecule has 0 bridgehead atoms. The number of nitrogens with zero attached hydrogens (tertiary/aromatic N) is 1. The molecular formula is C20H36N+. The van der Waals surface area contributed by atoms with Gasteiger partial charge in [0.25, 0.3) is 0 Å². The Bertz CT molecular complexity index is 351. The highest BCUT2D eigenvalue weighted by atomic mass is 15.0. The predicted molar refractivity (Wildman–Crippen MR) is 92.7 cm³/mol. The van der Waals surface area contributed by atoms with Crippen molar-refractivity contribution in [3.05, 3.63) is 29.6 Å². The molecule has 21 heavy (non-hydrogen) atoms. The maximum absolute atomic E-state index is 2.46. The van der Waals surface area contributed by atoms with Crippen LogP contribution in [0.2, 0.25) is 0 Å². The van der Waals surface area contributed by atoms with Gasteiger partial charge < -0.3 is 0 Å². The van der Waals surface area contributed by atoms with Crippen LogP contribution in [0.1, 0.15) is 96.2 Å². The Hall–Kier alpha value is -0.850. The second kappa shape index (κ2) is 10.8. The van der Waals surface area contributed by atoms with Crippen molar-refractivity contribution in [1.29, 1.82) is 0 Å². The fourth-order valence-electron chi connectivity index (χ4n) is 2.82. The Balaban J connectivity index is 2.61. The summed E-state index contributed by atoms with van der Waals surface area (Å²) in [5, 5.41) is 0. The highest BCUT2D eigenvalue weighted by Gasteiger charge is 2.10. The van der Waals surface area contributed by atoms with Crippen LogP contribution in [0.3, 0.4) is 0 Å². The standard InChI is InChI=1S/C20H36N/c1-5-7-9-11-13-19-15-20(14-12-10-8-6-2)17-21(16-19)18(3)4/h15-18H,5-14H2,1-4H3/q+1. The van der Waals surface area contributed by atoms with Crippen molar-refractivity contribution in [1.82, 2.24) is 0 Å². The van der Waals surface area contributed by atoms with E-state index in [2.05, 4.69) is 50.7 Å². The van der Waals surface area contributed by atoms with Gasteiger partial charge in [-0.05, 0) is 45.6 Å². The fourth-order valence-corrected chi connectivity index (χ4v) is 2.82. The van der Waals surface area contributed by atoms with E-state index in [1.807, 2.05) is 0 Å². The maximum atomic E-state index is 2.46. The van der Waals surface area contributed by atoms with Crippen LogP contribution in [0, 0.1) is 0 Å². The number of unbranched alkanes of at least 4 members (excludes halogenated alkanes) is 6. The van der Waals surface area contributed by atoms with E-state index in [4.69, 9.17) is 0 Å². The quantitative estimate of drug-likeness (QED) is 0.358. The molecule has 0 atom stereocenters. The summed E-state index contributed by atoms with van der Waals surface area (Å²) < 4.78 is 2.41. The maximum Gasteiger partial charge on any atom is 0.172 e. The lowest BCUT2D eigenvalue weighted by molar-refractivity contribution is -0.716. The molecule has 1 heteroatoms.